The molecule has 110 valence electrons. The smallest absolute Gasteiger partial charge is 0.123 e. The Hall–Kier alpha value is -2.45. The summed E-state index contributed by atoms with van der Waals surface area (Å²) in [5, 5.41) is 3.39. The Morgan fingerprint density at radius 3 is 2.09 bits per heavy atom. The van der Waals surface area contributed by atoms with Crippen molar-refractivity contribution >= 4 is 0 Å². The van der Waals surface area contributed by atoms with Crippen molar-refractivity contribution < 1.29 is 4.39 Å². The van der Waals surface area contributed by atoms with Crippen molar-refractivity contribution in [3.63, 3.8) is 0 Å². The van der Waals surface area contributed by atoms with Gasteiger partial charge in [-0.05, 0) is 40.5 Å². The molecule has 1 nitrogen and oxygen atoms in total. The molecule has 2 heteroatoms. The van der Waals surface area contributed by atoms with Crippen molar-refractivity contribution in [1.29, 1.82) is 0 Å². The molecule has 3 rings (SSSR count). The molecule has 0 saturated carbocycles. The standard InChI is InChI=1S/C20H18FN/c21-20-11-9-16(10-12-20)14-22-15-17-5-4-8-19(13-17)18-6-2-1-3-7-18/h1-13,22H,14-15H2. The highest BCUT2D eigenvalue weighted by atomic mass is 19.1. The van der Waals surface area contributed by atoms with Crippen molar-refractivity contribution in [1.82, 2.24) is 5.32 Å². The molecule has 0 fully saturated rings. The van der Waals surface area contributed by atoms with Gasteiger partial charge in [0.15, 0.2) is 0 Å². The SMILES string of the molecule is Fc1ccc(CNCc2cccc(-c3ccccc3)c2)cc1. The van der Waals surface area contributed by atoms with E-state index in [0.717, 1.165) is 18.7 Å². The quantitative estimate of drug-likeness (QED) is 0.713. The van der Waals surface area contributed by atoms with E-state index in [9.17, 15) is 4.39 Å². The Labute approximate surface area is 130 Å². The molecule has 0 heterocycles. The van der Waals surface area contributed by atoms with Crippen molar-refractivity contribution in [2.75, 3.05) is 0 Å². The lowest BCUT2D eigenvalue weighted by Gasteiger charge is -2.08. The van der Waals surface area contributed by atoms with E-state index >= 15 is 0 Å². The van der Waals surface area contributed by atoms with E-state index in [1.807, 2.05) is 18.2 Å². The summed E-state index contributed by atoms with van der Waals surface area (Å²) >= 11 is 0. The Morgan fingerprint density at radius 2 is 1.32 bits per heavy atom. The lowest BCUT2D eigenvalue weighted by molar-refractivity contribution is 0.625. The van der Waals surface area contributed by atoms with Gasteiger partial charge in [0, 0.05) is 13.1 Å². The van der Waals surface area contributed by atoms with Gasteiger partial charge >= 0.3 is 0 Å². The van der Waals surface area contributed by atoms with Crippen LogP contribution < -0.4 is 5.32 Å². The molecule has 0 aliphatic heterocycles. The van der Waals surface area contributed by atoms with E-state index in [-0.39, 0.29) is 5.82 Å². The van der Waals surface area contributed by atoms with Crippen LogP contribution in [0.1, 0.15) is 11.1 Å². The van der Waals surface area contributed by atoms with Crippen LogP contribution in [0.15, 0.2) is 78.9 Å². The maximum atomic E-state index is 12.9. The molecule has 3 aromatic carbocycles. The number of nitrogens with one attached hydrogen (secondary N) is 1. The van der Waals surface area contributed by atoms with Gasteiger partial charge < -0.3 is 5.32 Å². The highest BCUT2D eigenvalue weighted by Crippen LogP contribution is 2.19. The van der Waals surface area contributed by atoms with Gasteiger partial charge in [-0.2, -0.15) is 0 Å². The zero-order valence-corrected chi connectivity index (χ0v) is 12.3. The first-order valence-electron chi connectivity index (χ1n) is 7.41. The highest BCUT2D eigenvalue weighted by Gasteiger charge is 1.99. The summed E-state index contributed by atoms with van der Waals surface area (Å²) in [6.07, 6.45) is 0. The van der Waals surface area contributed by atoms with Crippen LogP contribution in [0.4, 0.5) is 4.39 Å². The van der Waals surface area contributed by atoms with Crippen molar-refractivity contribution in [3.8, 4) is 11.1 Å². The molecule has 3 aromatic rings. The summed E-state index contributed by atoms with van der Waals surface area (Å²) < 4.78 is 12.9. The molecular formula is C20H18FN. The first-order valence-corrected chi connectivity index (χ1v) is 7.41. The van der Waals surface area contributed by atoms with E-state index in [4.69, 9.17) is 0 Å². The second-order valence-electron chi connectivity index (χ2n) is 5.30. The van der Waals surface area contributed by atoms with Crippen molar-refractivity contribution in [2.45, 2.75) is 13.1 Å². The van der Waals surface area contributed by atoms with E-state index < -0.39 is 0 Å². The molecule has 0 unspecified atom stereocenters. The first-order chi connectivity index (χ1) is 10.8. The van der Waals surface area contributed by atoms with E-state index in [1.54, 1.807) is 0 Å². The Balaban J connectivity index is 1.62. The van der Waals surface area contributed by atoms with Gasteiger partial charge in [-0.25, -0.2) is 4.39 Å². The molecule has 22 heavy (non-hydrogen) atoms. The average molecular weight is 291 g/mol. The molecule has 0 amide bonds. The molecule has 0 radical (unpaired) electrons. The van der Waals surface area contributed by atoms with Crippen molar-refractivity contribution in [3.05, 3.63) is 95.8 Å². The summed E-state index contributed by atoms with van der Waals surface area (Å²) in [5.74, 6) is -0.195. The maximum Gasteiger partial charge on any atom is 0.123 e. The zero-order chi connectivity index (χ0) is 15.2. The van der Waals surface area contributed by atoms with E-state index in [0.29, 0.717) is 0 Å². The summed E-state index contributed by atoms with van der Waals surface area (Å²) in [6.45, 7) is 1.52. The fraction of sp³-hybridized carbons (Fsp3) is 0.100. The lowest BCUT2D eigenvalue weighted by Crippen LogP contribution is -2.12. The van der Waals surface area contributed by atoms with Crippen LogP contribution in [-0.4, -0.2) is 0 Å². The van der Waals surface area contributed by atoms with Gasteiger partial charge in [-0.3, -0.25) is 0 Å². The van der Waals surface area contributed by atoms with Crippen LogP contribution in [0.3, 0.4) is 0 Å². The Kier molecular flexibility index (Phi) is 4.62. The predicted octanol–water partition coefficient (Wildman–Crippen LogP) is 4.78. The fourth-order valence-electron chi connectivity index (χ4n) is 2.44. The number of benzene rings is 3. The summed E-state index contributed by atoms with van der Waals surface area (Å²) in [4.78, 5) is 0. The molecule has 0 aromatic heterocycles. The monoisotopic (exact) mass is 291 g/mol. The van der Waals surface area contributed by atoms with Gasteiger partial charge in [-0.1, -0.05) is 60.7 Å². The van der Waals surface area contributed by atoms with Gasteiger partial charge in [0.1, 0.15) is 5.82 Å². The number of rotatable bonds is 5. The van der Waals surface area contributed by atoms with Gasteiger partial charge in [0.25, 0.3) is 0 Å². The van der Waals surface area contributed by atoms with Crippen molar-refractivity contribution in [2.24, 2.45) is 0 Å². The minimum atomic E-state index is -0.195. The summed E-state index contributed by atoms with van der Waals surface area (Å²) in [7, 11) is 0. The van der Waals surface area contributed by atoms with Gasteiger partial charge in [0.05, 0.1) is 0 Å². The van der Waals surface area contributed by atoms with E-state index in [1.165, 1.54) is 28.8 Å². The molecule has 0 aliphatic rings. The summed E-state index contributed by atoms with van der Waals surface area (Å²) in [5.41, 5.74) is 4.77. The minimum Gasteiger partial charge on any atom is -0.309 e. The molecule has 1 N–H and O–H groups in total. The zero-order valence-electron chi connectivity index (χ0n) is 12.3. The molecule has 0 bridgehead atoms. The van der Waals surface area contributed by atoms with E-state index in [2.05, 4.69) is 53.8 Å². The minimum absolute atomic E-state index is 0.195. The highest BCUT2D eigenvalue weighted by molar-refractivity contribution is 5.63. The molecule has 0 aliphatic carbocycles. The number of hydrogen-bond acceptors (Lipinski definition) is 1. The number of hydrogen-bond donors (Lipinski definition) is 1. The lowest BCUT2D eigenvalue weighted by atomic mass is 10.0. The normalized spacial score (nSPS) is 10.6. The van der Waals surface area contributed by atoms with Crippen LogP contribution >= 0.6 is 0 Å². The first kappa shape index (κ1) is 14.5. The van der Waals surface area contributed by atoms with Crippen LogP contribution in [0.25, 0.3) is 11.1 Å². The topological polar surface area (TPSA) is 12.0 Å². The maximum absolute atomic E-state index is 12.9. The van der Waals surface area contributed by atoms with Gasteiger partial charge in [0.2, 0.25) is 0 Å². The second kappa shape index (κ2) is 7.01. The average Bonchev–Trinajstić information content (AvgIpc) is 2.58. The predicted molar refractivity (Wildman–Crippen MR) is 88.8 cm³/mol. The Morgan fingerprint density at radius 1 is 0.636 bits per heavy atom. The largest absolute Gasteiger partial charge is 0.309 e. The third-order valence-electron chi connectivity index (χ3n) is 3.61. The third kappa shape index (κ3) is 3.80. The molecule has 0 atom stereocenters. The molecular weight excluding hydrogens is 273 g/mol. The van der Waals surface area contributed by atoms with Crippen LogP contribution in [0.5, 0.6) is 0 Å². The Bertz CT molecular complexity index is 720. The second-order valence-corrected chi connectivity index (χ2v) is 5.30. The molecule has 0 spiro atoms. The third-order valence-corrected chi connectivity index (χ3v) is 3.61. The van der Waals surface area contributed by atoms with Gasteiger partial charge in [-0.15, -0.1) is 0 Å². The number of halogens is 1. The molecule has 0 saturated heterocycles. The van der Waals surface area contributed by atoms with Crippen LogP contribution in [0, 0.1) is 5.82 Å². The summed E-state index contributed by atoms with van der Waals surface area (Å²) in [6, 6.07) is 25.5. The van der Waals surface area contributed by atoms with Crippen LogP contribution in [-0.2, 0) is 13.1 Å². The fourth-order valence-corrected chi connectivity index (χ4v) is 2.44. The van der Waals surface area contributed by atoms with Crippen LogP contribution in [0.2, 0.25) is 0 Å².